The molecular weight excluding hydrogens is 372 g/mol. The molecule has 4 rings (SSSR count). The molecule has 1 aliphatic rings. The highest BCUT2D eigenvalue weighted by atomic mass is 32.2. The fourth-order valence-corrected chi connectivity index (χ4v) is 4.56. The summed E-state index contributed by atoms with van der Waals surface area (Å²) in [5, 5.41) is 9.48. The Morgan fingerprint density at radius 3 is 3.19 bits per heavy atom. The van der Waals surface area contributed by atoms with Crippen molar-refractivity contribution in [1.29, 1.82) is 0 Å². The molecule has 0 saturated heterocycles. The molecule has 9 heteroatoms. The second kappa shape index (κ2) is 7.08. The van der Waals surface area contributed by atoms with Crippen LogP contribution in [0.5, 0.6) is 0 Å². The number of rotatable bonds is 5. The molecule has 0 bridgehead atoms. The number of hydrogen-bond acceptors (Lipinski definition) is 7. The third-order valence-electron chi connectivity index (χ3n) is 4.11. The molecule has 0 unspecified atom stereocenters. The minimum atomic E-state index is -0.172. The second-order valence-corrected chi connectivity index (χ2v) is 7.94. The lowest BCUT2D eigenvalue weighted by Gasteiger charge is -2.13. The van der Waals surface area contributed by atoms with E-state index < -0.39 is 0 Å². The van der Waals surface area contributed by atoms with Crippen LogP contribution < -0.4 is 10.9 Å². The fourth-order valence-electron chi connectivity index (χ4n) is 2.78. The van der Waals surface area contributed by atoms with E-state index >= 15 is 0 Å². The molecule has 0 spiro atoms. The summed E-state index contributed by atoms with van der Waals surface area (Å²) in [6.07, 6.45) is 1.82. The number of hydrogen-bond donors (Lipinski definition) is 1. The van der Waals surface area contributed by atoms with Gasteiger partial charge in [0.05, 0.1) is 17.5 Å². The first kappa shape index (κ1) is 17.0. The molecule has 3 aromatic heterocycles. The van der Waals surface area contributed by atoms with E-state index in [0.29, 0.717) is 34.5 Å². The largest absolute Gasteiger partial charge is 0.355 e. The maximum Gasteiger partial charge on any atom is 0.257 e. The number of amides is 1. The van der Waals surface area contributed by atoms with Gasteiger partial charge in [-0.25, -0.2) is 4.98 Å². The van der Waals surface area contributed by atoms with Gasteiger partial charge in [0, 0.05) is 30.0 Å². The fraction of sp³-hybridized carbons (Fsp3) is 0.294. The molecule has 1 N–H and O–H groups in total. The number of thiophene rings is 1. The summed E-state index contributed by atoms with van der Waals surface area (Å²) in [6, 6.07) is 5.55. The second-order valence-electron chi connectivity index (χ2n) is 6.00. The molecule has 0 radical (unpaired) electrons. The number of nitrogens with zero attached hydrogens (tertiary/aromatic N) is 3. The van der Waals surface area contributed by atoms with Crippen LogP contribution in [-0.2, 0) is 11.3 Å². The number of thioether (sulfide) groups is 1. The molecule has 0 aromatic carbocycles. The van der Waals surface area contributed by atoms with Crippen LogP contribution in [0.3, 0.4) is 0 Å². The molecule has 0 fully saturated rings. The summed E-state index contributed by atoms with van der Waals surface area (Å²) >= 11 is 3.07. The van der Waals surface area contributed by atoms with E-state index in [9.17, 15) is 9.59 Å². The smallest absolute Gasteiger partial charge is 0.257 e. The average Bonchev–Trinajstić information content (AvgIpc) is 3.36. The summed E-state index contributed by atoms with van der Waals surface area (Å²) in [4.78, 5) is 29.9. The summed E-state index contributed by atoms with van der Waals surface area (Å²) in [6.45, 7) is 2.03. The minimum Gasteiger partial charge on any atom is -0.355 e. The van der Waals surface area contributed by atoms with Crippen molar-refractivity contribution in [3.63, 3.8) is 0 Å². The monoisotopic (exact) mass is 388 g/mol. The van der Waals surface area contributed by atoms with Crippen molar-refractivity contribution < 1.29 is 9.32 Å². The number of nitrogens with one attached hydrogen (secondary N) is 1. The Bertz CT molecular complexity index is 994. The number of fused-ring (bicyclic) bond motifs is 1. The zero-order valence-electron chi connectivity index (χ0n) is 14.0. The lowest BCUT2D eigenvalue weighted by molar-refractivity contribution is -0.121. The van der Waals surface area contributed by atoms with Gasteiger partial charge in [0.25, 0.3) is 5.56 Å². The van der Waals surface area contributed by atoms with Crippen LogP contribution in [0.4, 0.5) is 0 Å². The Morgan fingerprint density at radius 1 is 1.50 bits per heavy atom. The summed E-state index contributed by atoms with van der Waals surface area (Å²) in [7, 11) is 0. The molecule has 7 nitrogen and oxygen atoms in total. The number of carbonyl (C=O) groups excluding carboxylic acids is 1. The van der Waals surface area contributed by atoms with Gasteiger partial charge in [0.15, 0.2) is 10.9 Å². The molecule has 3 aromatic rings. The van der Waals surface area contributed by atoms with E-state index in [1.165, 1.54) is 11.8 Å². The summed E-state index contributed by atoms with van der Waals surface area (Å²) in [5.41, 5.74) is 1.18. The minimum absolute atomic E-state index is 0.0742. The van der Waals surface area contributed by atoms with E-state index in [2.05, 4.69) is 15.5 Å². The van der Waals surface area contributed by atoms with Gasteiger partial charge in [-0.3, -0.25) is 14.2 Å². The van der Waals surface area contributed by atoms with Gasteiger partial charge in [-0.05, 0) is 18.4 Å². The first-order valence-corrected chi connectivity index (χ1v) is 9.95. The zero-order chi connectivity index (χ0) is 18.1. The standard InChI is InChI=1S/C17H16N4O3S2/c1-10-7-19-17-21(16(10)23)12(9-26-17)6-15(22)18-8-11-5-13(24-20-11)14-3-2-4-25-14/h2-5,7,12H,6,8-9H2,1H3,(H,18,22)/t12-/m1/s1. The maximum absolute atomic E-state index is 12.3. The van der Waals surface area contributed by atoms with Crippen molar-refractivity contribution in [2.24, 2.45) is 0 Å². The van der Waals surface area contributed by atoms with Crippen molar-refractivity contribution in [1.82, 2.24) is 20.0 Å². The van der Waals surface area contributed by atoms with Crippen LogP contribution in [0.15, 0.2) is 44.3 Å². The molecule has 1 amide bonds. The normalized spacial score (nSPS) is 15.8. The third kappa shape index (κ3) is 3.32. The average molecular weight is 388 g/mol. The Hall–Kier alpha value is -2.39. The first-order valence-electron chi connectivity index (χ1n) is 8.09. The van der Waals surface area contributed by atoms with Crippen LogP contribution in [0, 0.1) is 6.92 Å². The number of carbonyl (C=O) groups is 1. The van der Waals surface area contributed by atoms with Gasteiger partial charge >= 0.3 is 0 Å². The number of aryl methyl sites for hydroxylation is 1. The quantitative estimate of drug-likeness (QED) is 0.676. The van der Waals surface area contributed by atoms with E-state index in [1.807, 2.05) is 23.6 Å². The van der Waals surface area contributed by atoms with Crippen molar-refractivity contribution in [3.05, 3.63) is 51.4 Å². The van der Waals surface area contributed by atoms with Gasteiger partial charge in [0.2, 0.25) is 5.91 Å². The van der Waals surface area contributed by atoms with Crippen LogP contribution >= 0.6 is 23.1 Å². The Morgan fingerprint density at radius 2 is 2.38 bits per heavy atom. The molecule has 0 aliphatic carbocycles. The molecule has 26 heavy (non-hydrogen) atoms. The van der Waals surface area contributed by atoms with Gasteiger partial charge in [-0.15, -0.1) is 11.3 Å². The SMILES string of the molecule is Cc1cnc2n(c1=O)[C@H](CC(=O)NCc1cc(-c3cccs3)on1)CS2. The Labute approximate surface area is 157 Å². The predicted molar refractivity (Wildman–Crippen MR) is 99.3 cm³/mol. The van der Waals surface area contributed by atoms with Crippen molar-refractivity contribution in [2.75, 3.05) is 5.75 Å². The Kier molecular flexibility index (Phi) is 4.64. The number of aromatic nitrogens is 3. The molecule has 4 heterocycles. The third-order valence-corrected chi connectivity index (χ3v) is 6.11. The van der Waals surface area contributed by atoms with Gasteiger partial charge in [-0.1, -0.05) is 23.0 Å². The molecule has 0 saturated carbocycles. The van der Waals surface area contributed by atoms with Crippen LogP contribution in [-0.4, -0.2) is 26.4 Å². The van der Waals surface area contributed by atoms with Crippen molar-refractivity contribution >= 4 is 29.0 Å². The summed E-state index contributed by atoms with van der Waals surface area (Å²) < 4.78 is 6.93. The van der Waals surface area contributed by atoms with Crippen LogP contribution in [0.25, 0.3) is 10.6 Å². The highest BCUT2D eigenvalue weighted by molar-refractivity contribution is 7.99. The molecule has 134 valence electrons. The lowest BCUT2D eigenvalue weighted by Crippen LogP contribution is -2.31. The molecule has 1 atom stereocenters. The lowest BCUT2D eigenvalue weighted by atomic mass is 10.2. The maximum atomic E-state index is 12.3. The van der Waals surface area contributed by atoms with Gasteiger partial charge < -0.3 is 9.84 Å². The zero-order valence-corrected chi connectivity index (χ0v) is 15.6. The van der Waals surface area contributed by atoms with E-state index in [0.717, 1.165) is 4.88 Å². The van der Waals surface area contributed by atoms with E-state index in [1.54, 1.807) is 29.0 Å². The highest BCUT2D eigenvalue weighted by Crippen LogP contribution is 2.31. The topological polar surface area (TPSA) is 90.0 Å². The molecular formula is C17H16N4O3S2. The highest BCUT2D eigenvalue weighted by Gasteiger charge is 2.27. The van der Waals surface area contributed by atoms with Crippen LogP contribution in [0.2, 0.25) is 0 Å². The van der Waals surface area contributed by atoms with Crippen molar-refractivity contribution in [2.45, 2.75) is 31.1 Å². The predicted octanol–water partition coefficient (Wildman–Crippen LogP) is 2.62. The molecule has 1 aliphatic heterocycles. The van der Waals surface area contributed by atoms with E-state index in [4.69, 9.17) is 4.52 Å². The van der Waals surface area contributed by atoms with Crippen LogP contribution in [0.1, 0.15) is 23.7 Å². The van der Waals surface area contributed by atoms with Gasteiger partial charge in [0.1, 0.15) is 5.69 Å². The first-order chi connectivity index (χ1) is 12.6. The Balaban J connectivity index is 1.38. The van der Waals surface area contributed by atoms with Gasteiger partial charge in [-0.2, -0.15) is 0 Å². The summed E-state index contributed by atoms with van der Waals surface area (Å²) in [5.74, 6) is 1.24. The van der Waals surface area contributed by atoms with E-state index in [-0.39, 0.29) is 23.9 Å². The van der Waals surface area contributed by atoms with Crippen molar-refractivity contribution in [3.8, 4) is 10.6 Å².